The maximum atomic E-state index is 10.6. The van der Waals surface area contributed by atoms with Crippen LogP contribution < -0.4 is 0 Å². The van der Waals surface area contributed by atoms with Crippen molar-refractivity contribution in [2.24, 2.45) is 0 Å². The third-order valence-corrected chi connectivity index (χ3v) is 2.90. The fourth-order valence-electron chi connectivity index (χ4n) is 1.29. The number of hydrogen-bond donors (Lipinski definition) is 1. The average Bonchev–Trinajstić information content (AvgIpc) is 2.82. The van der Waals surface area contributed by atoms with Crippen molar-refractivity contribution in [1.29, 1.82) is 0 Å². The first-order valence-corrected chi connectivity index (χ1v) is 6.39. The van der Waals surface area contributed by atoms with Crippen LogP contribution in [0.15, 0.2) is 35.5 Å². The first-order chi connectivity index (χ1) is 9.25. The molecule has 0 saturated carbocycles. The Labute approximate surface area is 113 Å². The van der Waals surface area contributed by atoms with E-state index in [2.05, 4.69) is 27.4 Å². The average molecular weight is 274 g/mol. The zero-order valence-corrected chi connectivity index (χ0v) is 10.7. The molecule has 0 aliphatic heterocycles. The predicted octanol–water partition coefficient (Wildman–Crippen LogP) is 0.901. The van der Waals surface area contributed by atoms with E-state index >= 15 is 0 Å². The van der Waals surface area contributed by atoms with Crippen molar-refractivity contribution in [1.82, 2.24) is 20.2 Å². The quantitative estimate of drug-likeness (QED) is 0.659. The van der Waals surface area contributed by atoms with E-state index in [-0.39, 0.29) is 6.54 Å². The summed E-state index contributed by atoms with van der Waals surface area (Å²) in [4.78, 5) is 10.6. The Morgan fingerprint density at radius 1 is 1.37 bits per heavy atom. The number of rotatable bonds is 4. The highest BCUT2D eigenvalue weighted by Gasteiger charge is 2.08. The van der Waals surface area contributed by atoms with Gasteiger partial charge in [0.2, 0.25) is 5.16 Å². The Balaban J connectivity index is 1.91. The summed E-state index contributed by atoms with van der Waals surface area (Å²) in [6.45, 7) is -0.249. The first kappa shape index (κ1) is 13.1. The Hall–Kier alpha value is -2.33. The van der Waals surface area contributed by atoms with E-state index in [0.717, 1.165) is 5.56 Å². The molecular formula is C12H10N4O2S. The third kappa shape index (κ3) is 4.12. The number of carbonyl (C=O) groups is 1. The Kier molecular flexibility index (Phi) is 4.53. The van der Waals surface area contributed by atoms with Crippen LogP contribution in [0, 0.1) is 11.8 Å². The van der Waals surface area contributed by atoms with Gasteiger partial charge in [0.25, 0.3) is 0 Å². The molecule has 2 rings (SSSR count). The number of aliphatic carboxylic acids is 1. The summed E-state index contributed by atoms with van der Waals surface area (Å²) in [5.41, 5.74) is 0.938. The summed E-state index contributed by atoms with van der Waals surface area (Å²) in [5.74, 6) is 5.49. The van der Waals surface area contributed by atoms with Crippen LogP contribution in [0.3, 0.4) is 0 Å². The van der Waals surface area contributed by atoms with Crippen LogP contribution in [0.5, 0.6) is 0 Å². The summed E-state index contributed by atoms with van der Waals surface area (Å²) in [6, 6.07) is 9.62. The second kappa shape index (κ2) is 6.56. The molecule has 0 spiro atoms. The first-order valence-electron chi connectivity index (χ1n) is 5.40. The zero-order chi connectivity index (χ0) is 13.5. The predicted molar refractivity (Wildman–Crippen MR) is 69.5 cm³/mol. The van der Waals surface area contributed by atoms with Crippen LogP contribution in [-0.4, -0.2) is 37.0 Å². The number of aromatic nitrogens is 4. The molecule has 7 heteroatoms. The fourth-order valence-corrected chi connectivity index (χ4v) is 1.91. The normalized spacial score (nSPS) is 9.68. The van der Waals surface area contributed by atoms with Crippen LogP contribution in [-0.2, 0) is 11.3 Å². The van der Waals surface area contributed by atoms with Crippen molar-refractivity contribution in [2.45, 2.75) is 11.7 Å². The topological polar surface area (TPSA) is 80.9 Å². The summed E-state index contributed by atoms with van der Waals surface area (Å²) < 4.78 is 1.23. The fraction of sp³-hybridized carbons (Fsp3) is 0.167. The molecule has 6 nitrogen and oxygen atoms in total. The lowest BCUT2D eigenvalue weighted by atomic mass is 10.2. The molecule has 0 radical (unpaired) electrons. The van der Waals surface area contributed by atoms with Crippen molar-refractivity contribution in [2.75, 3.05) is 5.75 Å². The van der Waals surface area contributed by atoms with E-state index in [1.54, 1.807) is 0 Å². The third-order valence-electron chi connectivity index (χ3n) is 2.06. The second-order valence-electron chi connectivity index (χ2n) is 3.47. The van der Waals surface area contributed by atoms with E-state index in [0.29, 0.717) is 10.9 Å². The van der Waals surface area contributed by atoms with E-state index in [1.165, 1.54) is 16.4 Å². The van der Waals surface area contributed by atoms with Gasteiger partial charge in [0, 0.05) is 5.56 Å². The molecule has 2 aromatic rings. The number of nitrogens with zero attached hydrogens (tertiary/aromatic N) is 4. The Morgan fingerprint density at radius 3 is 2.89 bits per heavy atom. The lowest BCUT2D eigenvalue weighted by molar-refractivity contribution is -0.138. The van der Waals surface area contributed by atoms with Gasteiger partial charge < -0.3 is 5.11 Å². The molecule has 0 unspecified atom stereocenters. The number of carboxylic acid groups (broad SMARTS) is 1. The van der Waals surface area contributed by atoms with Gasteiger partial charge in [0.1, 0.15) is 6.54 Å². The highest BCUT2D eigenvalue weighted by atomic mass is 32.2. The summed E-state index contributed by atoms with van der Waals surface area (Å²) >= 11 is 1.30. The SMILES string of the molecule is O=C(O)Cn1nnnc1SCC#Cc1ccccc1. The Morgan fingerprint density at radius 2 is 2.16 bits per heavy atom. The van der Waals surface area contributed by atoms with Crippen LogP contribution in [0.25, 0.3) is 0 Å². The van der Waals surface area contributed by atoms with Crippen molar-refractivity contribution in [3.8, 4) is 11.8 Å². The minimum atomic E-state index is -0.982. The highest BCUT2D eigenvalue weighted by molar-refractivity contribution is 7.99. The van der Waals surface area contributed by atoms with Gasteiger partial charge in [-0.15, -0.1) is 5.10 Å². The smallest absolute Gasteiger partial charge is 0.325 e. The molecule has 0 amide bonds. The molecule has 0 fully saturated rings. The molecule has 1 aromatic carbocycles. The van der Waals surface area contributed by atoms with Crippen molar-refractivity contribution in [3.05, 3.63) is 35.9 Å². The van der Waals surface area contributed by atoms with Crippen LogP contribution in [0.4, 0.5) is 0 Å². The maximum Gasteiger partial charge on any atom is 0.325 e. The zero-order valence-electron chi connectivity index (χ0n) is 9.85. The largest absolute Gasteiger partial charge is 0.480 e. The molecule has 1 heterocycles. The van der Waals surface area contributed by atoms with E-state index < -0.39 is 5.97 Å². The van der Waals surface area contributed by atoms with Gasteiger partial charge in [-0.3, -0.25) is 4.79 Å². The van der Waals surface area contributed by atoms with Gasteiger partial charge >= 0.3 is 5.97 Å². The van der Waals surface area contributed by atoms with Gasteiger partial charge in [-0.1, -0.05) is 41.8 Å². The second-order valence-corrected chi connectivity index (χ2v) is 4.41. The number of tetrazole rings is 1. The van der Waals surface area contributed by atoms with Crippen LogP contribution in [0.2, 0.25) is 0 Å². The van der Waals surface area contributed by atoms with E-state index in [1.807, 2.05) is 30.3 Å². The molecule has 19 heavy (non-hydrogen) atoms. The number of benzene rings is 1. The van der Waals surface area contributed by atoms with Gasteiger partial charge in [-0.2, -0.15) is 0 Å². The van der Waals surface area contributed by atoms with Crippen molar-refractivity contribution in [3.63, 3.8) is 0 Å². The van der Waals surface area contributed by atoms with E-state index in [4.69, 9.17) is 5.11 Å². The maximum absolute atomic E-state index is 10.6. The van der Waals surface area contributed by atoms with Crippen molar-refractivity contribution < 1.29 is 9.90 Å². The summed E-state index contributed by atoms with van der Waals surface area (Å²) in [5, 5.41) is 19.9. The van der Waals surface area contributed by atoms with Crippen LogP contribution >= 0.6 is 11.8 Å². The van der Waals surface area contributed by atoms with Crippen molar-refractivity contribution >= 4 is 17.7 Å². The number of thioether (sulfide) groups is 1. The summed E-state index contributed by atoms with van der Waals surface area (Å²) in [7, 11) is 0. The van der Waals surface area contributed by atoms with E-state index in [9.17, 15) is 4.79 Å². The Bertz CT molecular complexity index is 615. The molecule has 0 saturated heterocycles. The van der Waals surface area contributed by atoms with Crippen LogP contribution in [0.1, 0.15) is 5.56 Å². The standard InChI is InChI=1S/C12H10N4O2S/c17-11(18)9-16-12(13-14-15-16)19-8-4-7-10-5-2-1-3-6-10/h1-3,5-6H,8-9H2,(H,17,18). The molecule has 0 aliphatic carbocycles. The minimum Gasteiger partial charge on any atom is -0.480 e. The molecule has 0 aliphatic rings. The van der Waals surface area contributed by atoms with Gasteiger partial charge in [0.15, 0.2) is 0 Å². The van der Waals surface area contributed by atoms with Gasteiger partial charge in [-0.05, 0) is 22.6 Å². The molecule has 0 bridgehead atoms. The lowest BCUT2D eigenvalue weighted by Crippen LogP contribution is -2.11. The number of hydrogen-bond acceptors (Lipinski definition) is 5. The molecule has 1 aromatic heterocycles. The molecular weight excluding hydrogens is 264 g/mol. The van der Waals surface area contributed by atoms with Gasteiger partial charge in [0.05, 0.1) is 5.75 Å². The monoisotopic (exact) mass is 274 g/mol. The number of carboxylic acids is 1. The highest BCUT2D eigenvalue weighted by Crippen LogP contribution is 2.12. The van der Waals surface area contributed by atoms with Gasteiger partial charge in [-0.25, -0.2) is 4.68 Å². The molecule has 1 N–H and O–H groups in total. The lowest BCUT2D eigenvalue weighted by Gasteiger charge is -1.97. The molecule has 0 atom stereocenters. The molecule has 96 valence electrons. The minimum absolute atomic E-state index is 0.249. The summed E-state index contributed by atoms with van der Waals surface area (Å²) in [6.07, 6.45) is 0.